The summed E-state index contributed by atoms with van der Waals surface area (Å²) in [5.74, 6) is 1.48. The second kappa shape index (κ2) is 12.6. The summed E-state index contributed by atoms with van der Waals surface area (Å²) in [5, 5.41) is 5.39. The van der Waals surface area contributed by atoms with Gasteiger partial charge in [-0.25, -0.2) is 4.79 Å². The van der Waals surface area contributed by atoms with Crippen molar-refractivity contribution < 1.29 is 19.0 Å². The second-order valence-corrected chi connectivity index (χ2v) is 4.95. The minimum Gasteiger partial charge on any atom is -0.494 e. The van der Waals surface area contributed by atoms with Crippen LogP contribution in [-0.2, 0) is 4.74 Å². The van der Waals surface area contributed by atoms with E-state index in [1.54, 1.807) is 12.1 Å². The Bertz CT molecular complexity index is 423. The summed E-state index contributed by atoms with van der Waals surface area (Å²) in [5.41, 5.74) is 0. The fraction of sp³-hybridized carbons (Fsp3) is 0.588. The molecule has 6 nitrogen and oxygen atoms in total. The lowest BCUT2D eigenvalue weighted by Crippen LogP contribution is -2.38. The van der Waals surface area contributed by atoms with E-state index in [1.807, 2.05) is 19.1 Å². The van der Waals surface area contributed by atoms with Crippen molar-refractivity contribution in [1.82, 2.24) is 10.6 Å². The molecule has 0 aliphatic rings. The highest BCUT2D eigenvalue weighted by molar-refractivity contribution is 5.73. The van der Waals surface area contributed by atoms with Crippen LogP contribution in [0.3, 0.4) is 0 Å². The van der Waals surface area contributed by atoms with Crippen molar-refractivity contribution in [2.75, 3.05) is 33.1 Å². The van der Waals surface area contributed by atoms with Crippen molar-refractivity contribution in [3.8, 4) is 11.5 Å². The van der Waals surface area contributed by atoms with Crippen molar-refractivity contribution in [3.63, 3.8) is 0 Å². The maximum atomic E-state index is 11.5. The SMILES string of the molecule is CCCCOCCCNC(=O)NCOc1ccc(OCC)cc1. The van der Waals surface area contributed by atoms with Gasteiger partial charge in [-0.2, -0.15) is 0 Å². The predicted octanol–water partition coefficient (Wildman–Crippen LogP) is 2.93. The summed E-state index contributed by atoms with van der Waals surface area (Å²) >= 11 is 0. The van der Waals surface area contributed by atoms with Gasteiger partial charge in [-0.3, -0.25) is 0 Å². The summed E-state index contributed by atoms with van der Waals surface area (Å²) in [6, 6.07) is 7.02. The van der Waals surface area contributed by atoms with Crippen molar-refractivity contribution in [3.05, 3.63) is 24.3 Å². The zero-order chi connectivity index (χ0) is 16.8. The van der Waals surface area contributed by atoms with E-state index in [1.165, 1.54) is 0 Å². The fourth-order valence-corrected chi connectivity index (χ4v) is 1.77. The van der Waals surface area contributed by atoms with Crippen LogP contribution in [0.1, 0.15) is 33.1 Å². The lowest BCUT2D eigenvalue weighted by molar-refractivity contribution is 0.129. The summed E-state index contributed by atoms with van der Waals surface area (Å²) in [7, 11) is 0. The molecule has 0 aliphatic carbocycles. The van der Waals surface area contributed by atoms with Gasteiger partial charge >= 0.3 is 6.03 Å². The molecule has 0 unspecified atom stereocenters. The van der Waals surface area contributed by atoms with Gasteiger partial charge in [-0.15, -0.1) is 0 Å². The summed E-state index contributed by atoms with van der Waals surface area (Å²) < 4.78 is 16.2. The molecule has 0 aromatic heterocycles. The molecule has 1 rings (SSSR count). The average Bonchev–Trinajstić information content (AvgIpc) is 2.56. The normalized spacial score (nSPS) is 10.2. The van der Waals surface area contributed by atoms with Gasteiger partial charge in [-0.1, -0.05) is 13.3 Å². The zero-order valence-corrected chi connectivity index (χ0v) is 14.1. The Labute approximate surface area is 138 Å². The highest BCUT2D eigenvalue weighted by Gasteiger charge is 2.00. The second-order valence-electron chi connectivity index (χ2n) is 4.95. The molecule has 0 heterocycles. The Morgan fingerprint density at radius 3 is 2.26 bits per heavy atom. The van der Waals surface area contributed by atoms with E-state index in [9.17, 15) is 4.79 Å². The molecule has 6 heteroatoms. The highest BCUT2D eigenvalue weighted by Crippen LogP contribution is 2.17. The van der Waals surface area contributed by atoms with Gasteiger partial charge in [0.05, 0.1) is 6.61 Å². The van der Waals surface area contributed by atoms with Crippen molar-refractivity contribution >= 4 is 6.03 Å². The van der Waals surface area contributed by atoms with Gasteiger partial charge < -0.3 is 24.8 Å². The fourth-order valence-electron chi connectivity index (χ4n) is 1.77. The Balaban J connectivity index is 2.03. The van der Waals surface area contributed by atoms with Crippen molar-refractivity contribution in [2.24, 2.45) is 0 Å². The number of nitrogens with one attached hydrogen (secondary N) is 2. The molecule has 0 spiro atoms. The molecule has 0 bridgehead atoms. The van der Waals surface area contributed by atoms with Crippen molar-refractivity contribution in [1.29, 1.82) is 0 Å². The van der Waals surface area contributed by atoms with E-state index < -0.39 is 0 Å². The molecule has 2 N–H and O–H groups in total. The first kappa shape index (κ1) is 19.1. The van der Waals surface area contributed by atoms with Crippen LogP contribution in [-0.4, -0.2) is 39.1 Å². The van der Waals surface area contributed by atoms with Crippen LogP contribution in [0, 0.1) is 0 Å². The van der Waals surface area contributed by atoms with Crippen LogP contribution in [0.2, 0.25) is 0 Å². The molecule has 0 saturated heterocycles. The van der Waals surface area contributed by atoms with Gasteiger partial charge in [0.25, 0.3) is 0 Å². The third kappa shape index (κ3) is 9.63. The molecule has 0 aliphatic heterocycles. The molecular weight excluding hydrogens is 296 g/mol. The molecule has 1 aromatic rings. The Morgan fingerprint density at radius 2 is 1.61 bits per heavy atom. The van der Waals surface area contributed by atoms with E-state index in [2.05, 4.69) is 17.6 Å². The minimum absolute atomic E-state index is 0.118. The van der Waals surface area contributed by atoms with Gasteiger partial charge in [0, 0.05) is 19.8 Å². The van der Waals surface area contributed by atoms with Crippen LogP contribution >= 0.6 is 0 Å². The highest BCUT2D eigenvalue weighted by atomic mass is 16.5. The van der Waals surface area contributed by atoms with E-state index in [0.29, 0.717) is 25.5 Å². The molecule has 130 valence electrons. The lowest BCUT2D eigenvalue weighted by atomic mass is 10.3. The van der Waals surface area contributed by atoms with Gasteiger partial charge in [-0.05, 0) is 44.0 Å². The third-order valence-corrected chi connectivity index (χ3v) is 3.00. The third-order valence-electron chi connectivity index (χ3n) is 3.00. The number of carbonyl (C=O) groups is 1. The molecule has 1 aromatic carbocycles. The first-order chi connectivity index (χ1) is 11.3. The number of rotatable bonds is 12. The number of amides is 2. The average molecular weight is 324 g/mol. The number of unbranched alkanes of at least 4 members (excludes halogenated alkanes) is 1. The van der Waals surface area contributed by atoms with Crippen LogP contribution in [0.4, 0.5) is 4.79 Å². The topological polar surface area (TPSA) is 68.8 Å². The molecule has 2 amide bonds. The van der Waals surface area contributed by atoms with Gasteiger partial charge in [0.15, 0.2) is 6.73 Å². The van der Waals surface area contributed by atoms with Gasteiger partial charge in [0.2, 0.25) is 0 Å². The van der Waals surface area contributed by atoms with Crippen LogP contribution in [0.5, 0.6) is 11.5 Å². The largest absolute Gasteiger partial charge is 0.494 e. The molecule has 0 saturated carbocycles. The van der Waals surface area contributed by atoms with Crippen molar-refractivity contribution in [2.45, 2.75) is 33.1 Å². The standard InChI is InChI=1S/C17H28N2O4/c1-3-5-12-21-13-6-11-18-17(20)19-14-23-16-9-7-15(8-10-16)22-4-2/h7-10H,3-6,11-14H2,1-2H3,(H2,18,19,20). The first-order valence-electron chi connectivity index (χ1n) is 8.21. The van der Waals surface area contributed by atoms with Crippen LogP contribution < -0.4 is 20.1 Å². The molecule has 0 atom stereocenters. The Hall–Kier alpha value is -1.95. The molecule has 0 radical (unpaired) electrons. The number of hydrogen-bond donors (Lipinski definition) is 2. The predicted molar refractivity (Wildman–Crippen MR) is 90.0 cm³/mol. The summed E-state index contributed by atoms with van der Waals surface area (Å²) in [6.45, 7) is 6.86. The number of carbonyl (C=O) groups excluding carboxylic acids is 1. The van der Waals surface area contributed by atoms with E-state index in [0.717, 1.165) is 31.6 Å². The maximum absolute atomic E-state index is 11.5. The van der Waals surface area contributed by atoms with E-state index in [-0.39, 0.29) is 12.8 Å². The molecular formula is C17H28N2O4. The van der Waals surface area contributed by atoms with E-state index in [4.69, 9.17) is 14.2 Å². The number of urea groups is 1. The zero-order valence-electron chi connectivity index (χ0n) is 14.1. The maximum Gasteiger partial charge on any atom is 0.317 e. The van der Waals surface area contributed by atoms with Crippen LogP contribution in [0.25, 0.3) is 0 Å². The number of ether oxygens (including phenoxy) is 3. The van der Waals surface area contributed by atoms with Crippen LogP contribution in [0.15, 0.2) is 24.3 Å². The summed E-state index contributed by atoms with van der Waals surface area (Å²) in [4.78, 5) is 11.5. The lowest BCUT2D eigenvalue weighted by Gasteiger charge is -2.10. The first-order valence-corrected chi connectivity index (χ1v) is 8.21. The Kier molecular flexibility index (Phi) is 10.4. The molecule has 23 heavy (non-hydrogen) atoms. The van der Waals surface area contributed by atoms with Gasteiger partial charge in [0.1, 0.15) is 11.5 Å². The summed E-state index contributed by atoms with van der Waals surface area (Å²) in [6.07, 6.45) is 3.02. The smallest absolute Gasteiger partial charge is 0.317 e. The molecule has 0 fully saturated rings. The number of benzene rings is 1. The quantitative estimate of drug-likeness (QED) is 0.458. The van der Waals surface area contributed by atoms with E-state index >= 15 is 0 Å². The monoisotopic (exact) mass is 324 g/mol. The number of hydrogen-bond acceptors (Lipinski definition) is 4. The minimum atomic E-state index is -0.246. The Morgan fingerprint density at radius 1 is 0.957 bits per heavy atom.